The second kappa shape index (κ2) is 5.96. The van der Waals surface area contributed by atoms with Gasteiger partial charge in [0.05, 0.1) is 11.0 Å². The summed E-state index contributed by atoms with van der Waals surface area (Å²) < 4.78 is 32.7. The number of halogens is 3. The molecule has 8 heteroatoms. The molecule has 0 saturated carbocycles. The molecule has 2 aromatic rings. The molecular weight excluding hydrogens is 352 g/mol. The van der Waals surface area contributed by atoms with E-state index in [0.717, 1.165) is 18.2 Å². The van der Waals surface area contributed by atoms with Crippen molar-refractivity contribution in [2.24, 2.45) is 0 Å². The minimum atomic E-state index is -1.08. The summed E-state index contributed by atoms with van der Waals surface area (Å²) in [6, 6.07) is 5.17. The van der Waals surface area contributed by atoms with E-state index < -0.39 is 22.3 Å². The Labute approximate surface area is 125 Å². The SMILES string of the molecule is O=Cc1cc(F)c(Oc2cc(Br)cc([N+](=O)[O-])c2)c(F)c1. The highest BCUT2D eigenvalue weighted by Gasteiger charge is 2.16. The van der Waals surface area contributed by atoms with E-state index in [1.54, 1.807) is 0 Å². The second-order valence-corrected chi connectivity index (χ2v) is 4.85. The largest absolute Gasteiger partial charge is 0.451 e. The lowest BCUT2D eigenvalue weighted by molar-refractivity contribution is -0.385. The summed E-state index contributed by atoms with van der Waals surface area (Å²) in [5.41, 5.74) is -0.484. The summed E-state index contributed by atoms with van der Waals surface area (Å²) in [4.78, 5) is 20.5. The van der Waals surface area contributed by atoms with Crippen LogP contribution in [0.25, 0.3) is 0 Å². The van der Waals surface area contributed by atoms with E-state index in [-0.39, 0.29) is 17.0 Å². The monoisotopic (exact) mass is 357 g/mol. The first-order valence-electron chi connectivity index (χ1n) is 5.48. The van der Waals surface area contributed by atoms with E-state index >= 15 is 0 Å². The van der Waals surface area contributed by atoms with E-state index in [1.165, 1.54) is 12.1 Å². The number of benzene rings is 2. The molecule has 2 aromatic carbocycles. The molecule has 0 bridgehead atoms. The Bertz CT molecular complexity index is 713. The first-order chi connectivity index (χ1) is 9.90. The van der Waals surface area contributed by atoms with Gasteiger partial charge in [-0.05, 0) is 18.2 Å². The van der Waals surface area contributed by atoms with Crippen LogP contribution in [0.5, 0.6) is 11.5 Å². The van der Waals surface area contributed by atoms with Crippen LogP contribution in [0.1, 0.15) is 10.4 Å². The summed E-state index contributed by atoms with van der Waals surface area (Å²) in [6.45, 7) is 0. The molecule has 0 aliphatic carbocycles. The van der Waals surface area contributed by atoms with Crippen molar-refractivity contribution in [2.75, 3.05) is 0 Å². The van der Waals surface area contributed by atoms with Crippen molar-refractivity contribution < 1.29 is 23.2 Å². The van der Waals surface area contributed by atoms with E-state index in [0.29, 0.717) is 10.8 Å². The lowest BCUT2D eigenvalue weighted by Crippen LogP contribution is -1.96. The summed E-state index contributed by atoms with van der Waals surface area (Å²) in [5, 5.41) is 10.7. The van der Waals surface area contributed by atoms with Crippen molar-refractivity contribution in [1.29, 1.82) is 0 Å². The number of carbonyl (C=O) groups excluding carboxylic acids is 1. The van der Waals surface area contributed by atoms with Crippen LogP contribution in [0.2, 0.25) is 0 Å². The lowest BCUT2D eigenvalue weighted by Gasteiger charge is -2.08. The van der Waals surface area contributed by atoms with Crippen LogP contribution >= 0.6 is 15.9 Å². The minimum absolute atomic E-state index is 0.118. The number of non-ortho nitro benzene ring substituents is 1. The third-order valence-corrected chi connectivity index (χ3v) is 2.90. The summed E-state index contributed by atoms with van der Waals surface area (Å²) >= 11 is 3.04. The number of hydrogen-bond donors (Lipinski definition) is 0. The van der Waals surface area contributed by atoms with Crippen LogP contribution in [-0.2, 0) is 0 Å². The van der Waals surface area contributed by atoms with Gasteiger partial charge in [0.2, 0.25) is 0 Å². The van der Waals surface area contributed by atoms with Gasteiger partial charge in [-0.1, -0.05) is 15.9 Å². The number of nitro groups is 1. The third kappa shape index (κ3) is 3.40. The molecule has 0 atom stereocenters. The molecule has 0 amide bonds. The van der Waals surface area contributed by atoms with Crippen LogP contribution in [-0.4, -0.2) is 11.2 Å². The zero-order chi connectivity index (χ0) is 15.6. The smallest absolute Gasteiger partial charge is 0.274 e. The number of hydrogen-bond acceptors (Lipinski definition) is 4. The Morgan fingerprint density at radius 1 is 1.14 bits per heavy atom. The molecule has 0 saturated heterocycles. The van der Waals surface area contributed by atoms with Gasteiger partial charge in [0.25, 0.3) is 5.69 Å². The summed E-state index contributed by atoms with van der Waals surface area (Å²) in [5.74, 6) is -3.03. The first kappa shape index (κ1) is 15.0. The number of ether oxygens (including phenoxy) is 1. The molecule has 0 fully saturated rings. The third-order valence-electron chi connectivity index (χ3n) is 2.44. The number of nitro benzene ring substituents is 1. The van der Waals surface area contributed by atoms with Gasteiger partial charge in [-0.25, -0.2) is 8.78 Å². The topological polar surface area (TPSA) is 69.4 Å². The average Bonchev–Trinajstić information content (AvgIpc) is 2.42. The second-order valence-electron chi connectivity index (χ2n) is 3.94. The van der Waals surface area contributed by atoms with Crippen molar-refractivity contribution >= 4 is 27.9 Å². The quantitative estimate of drug-likeness (QED) is 0.466. The fraction of sp³-hybridized carbons (Fsp3) is 0. The predicted molar refractivity (Wildman–Crippen MR) is 72.6 cm³/mol. The molecule has 0 N–H and O–H groups in total. The van der Waals surface area contributed by atoms with E-state index in [4.69, 9.17) is 4.74 Å². The average molecular weight is 358 g/mol. The maximum absolute atomic E-state index is 13.7. The van der Waals surface area contributed by atoms with E-state index in [2.05, 4.69) is 15.9 Å². The van der Waals surface area contributed by atoms with Crippen LogP contribution in [0.4, 0.5) is 14.5 Å². The van der Waals surface area contributed by atoms with Crippen LogP contribution in [0.15, 0.2) is 34.8 Å². The van der Waals surface area contributed by atoms with Crippen LogP contribution in [0, 0.1) is 21.7 Å². The maximum Gasteiger partial charge on any atom is 0.274 e. The van der Waals surface area contributed by atoms with Crippen molar-refractivity contribution in [1.82, 2.24) is 0 Å². The zero-order valence-electron chi connectivity index (χ0n) is 10.2. The standard InChI is InChI=1S/C13H6BrF2NO4/c14-8-3-9(17(19)20)5-10(4-8)21-13-11(15)1-7(6-18)2-12(13)16/h1-6H. The Hall–Kier alpha value is -2.35. The molecule has 2 rings (SSSR count). The molecule has 5 nitrogen and oxygen atoms in total. The molecule has 0 heterocycles. The number of aldehydes is 1. The first-order valence-corrected chi connectivity index (χ1v) is 6.27. The number of nitrogens with zero attached hydrogens (tertiary/aromatic N) is 1. The molecule has 0 unspecified atom stereocenters. The van der Waals surface area contributed by atoms with Gasteiger partial charge >= 0.3 is 0 Å². The highest BCUT2D eigenvalue weighted by Crippen LogP contribution is 2.32. The number of rotatable bonds is 4. The van der Waals surface area contributed by atoms with Gasteiger partial charge in [-0.15, -0.1) is 0 Å². The normalized spacial score (nSPS) is 10.2. The van der Waals surface area contributed by atoms with Crippen LogP contribution < -0.4 is 4.74 Å². The predicted octanol–water partition coefficient (Wildman–Crippen LogP) is 4.24. The van der Waals surface area contributed by atoms with Gasteiger partial charge in [0.1, 0.15) is 12.0 Å². The van der Waals surface area contributed by atoms with Crippen molar-refractivity contribution in [3.63, 3.8) is 0 Å². The fourth-order valence-corrected chi connectivity index (χ4v) is 2.04. The van der Waals surface area contributed by atoms with E-state index in [9.17, 15) is 23.7 Å². The van der Waals surface area contributed by atoms with Crippen molar-refractivity contribution in [3.8, 4) is 11.5 Å². The molecule has 0 radical (unpaired) electrons. The summed E-state index contributed by atoms with van der Waals surface area (Å²) in [6.07, 6.45) is 0.292. The van der Waals surface area contributed by atoms with Crippen LogP contribution in [0.3, 0.4) is 0 Å². The Morgan fingerprint density at radius 3 is 2.29 bits per heavy atom. The highest BCUT2D eigenvalue weighted by molar-refractivity contribution is 9.10. The zero-order valence-corrected chi connectivity index (χ0v) is 11.8. The molecule has 0 aliphatic rings. The fourth-order valence-electron chi connectivity index (χ4n) is 1.58. The molecule has 0 aromatic heterocycles. The Balaban J connectivity index is 2.43. The van der Waals surface area contributed by atoms with Crippen molar-refractivity contribution in [2.45, 2.75) is 0 Å². The summed E-state index contributed by atoms with van der Waals surface area (Å²) in [7, 11) is 0. The molecular formula is C13H6BrF2NO4. The molecule has 108 valence electrons. The lowest BCUT2D eigenvalue weighted by atomic mass is 10.2. The number of carbonyl (C=O) groups is 1. The molecule has 0 spiro atoms. The van der Waals surface area contributed by atoms with Gasteiger partial charge in [0, 0.05) is 16.1 Å². The van der Waals surface area contributed by atoms with Gasteiger partial charge in [0.15, 0.2) is 17.4 Å². The van der Waals surface area contributed by atoms with Crippen molar-refractivity contribution in [3.05, 3.63) is 62.1 Å². The van der Waals surface area contributed by atoms with Gasteiger partial charge < -0.3 is 4.74 Å². The Morgan fingerprint density at radius 2 is 1.76 bits per heavy atom. The minimum Gasteiger partial charge on any atom is -0.451 e. The highest BCUT2D eigenvalue weighted by atomic mass is 79.9. The maximum atomic E-state index is 13.7. The molecule has 0 aliphatic heterocycles. The molecule has 21 heavy (non-hydrogen) atoms. The van der Waals surface area contributed by atoms with Gasteiger partial charge in [-0.2, -0.15) is 0 Å². The van der Waals surface area contributed by atoms with Gasteiger partial charge in [-0.3, -0.25) is 14.9 Å². The van der Waals surface area contributed by atoms with E-state index in [1.807, 2.05) is 0 Å². The Kier molecular flexibility index (Phi) is 4.27.